The minimum absolute atomic E-state index is 0.0679. The van der Waals surface area contributed by atoms with Crippen molar-refractivity contribution in [3.05, 3.63) is 111 Å². The maximum Gasteiger partial charge on any atom is 0.271 e. The molecule has 0 atom stereocenters. The molecular weight excluding hydrogens is 444 g/mol. The van der Waals surface area contributed by atoms with Gasteiger partial charge in [-0.15, -0.1) is 0 Å². The van der Waals surface area contributed by atoms with Crippen molar-refractivity contribution < 1.29 is 9.66 Å². The van der Waals surface area contributed by atoms with Gasteiger partial charge in [-0.2, -0.15) is 0 Å². The van der Waals surface area contributed by atoms with Crippen molar-refractivity contribution in [2.75, 3.05) is 5.32 Å². The van der Waals surface area contributed by atoms with E-state index in [0.717, 1.165) is 21.3 Å². The van der Waals surface area contributed by atoms with Crippen molar-refractivity contribution in [3.63, 3.8) is 0 Å². The van der Waals surface area contributed by atoms with Crippen molar-refractivity contribution >= 4 is 38.1 Å². The molecule has 0 aliphatic carbocycles. The van der Waals surface area contributed by atoms with Crippen molar-refractivity contribution in [1.82, 2.24) is 0 Å². The largest absolute Gasteiger partial charge is 0.488 e. The number of benzene rings is 4. The number of nitrogens with zero attached hydrogens (tertiary/aromatic N) is 1. The Bertz CT molecular complexity index is 1200. The zero-order valence-corrected chi connectivity index (χ0v) is 17.6. The summed E-state index contributed by atoms with van der Waals surface area (Å²) in [4.78, 5) is 10.5. The number of non-ortho nitro benzene ring substituents is 1. The molecule has 0 amide bonds. The van der Waals surface area contributed by atoms with Gasteiger partial charge < -0.3 is 10.1 Å². The normalized spacial score (nSPS) is 10.7. The number of fused-ring (bicyclic) bond motifs is 1. The fourth-order valence-corrected chi connectivity index (χ4v) is 3.82. The van der Waals surface area contributed by atoms with E-state index in [9.17, 15) is 10.1 Å². The molecule has 0 aliphatic heterocycles. The number of hydrogen-bond acceptors (Lipinski definition) is 4. The Hall–Kier alpha value is -3.38. The molecule has 1 N–H and O–H groups in total. The monoisotopic (exact) mass is 462 g/mol. The summed E-state index contributed by atoms with van der Waals surface area (Å²) in [6.07, 6.45) is 0. The van der Waals surface area contributed by atoms with Gasteiger partial charge in [0.25, 0.3) is 5.69 Å². The Labute approximate surface area is 182 Å². The number of halogens is 1. The van der Waals surface area contributed by atoms with Crippen LogP contribution in [0.5, 0.6) is 5.75 Å². The van der Waals surface area contributed by atoms with E-state index in [1.165, 1.54) is 22.9 Å². The van der Waals surface area contributed by atoms with E-state index in [4.69, 9.17) is 4.74 Å². The van der Waals surface area contributed by atoms with Crippen LogP contribution in [-0.2, 0) is 13.2 Å². The number of anilines is 1. The quantitative estimate of drug-likeness (QED) is 0.245. The van der Waals surface area contributed by atoms with E-state index in [2.05, 4.69) is 45.5 Å². The topological polar surface area (TPSA) is 64.4 Å². The molecule has 4 aromatic rings. The van der Waals surface area contributed by atoms with Gasteiger partial charge >= 0.3 is 0 Å². The van der Waals surface area contributed by atoms with Gasteiger partial charge in [0.05, 0.1) is 9.40 Å². The third-order valence-corrected chi connectivity index (χ3v) is 5.43. The number of nitro benzene ring substituents is 1. The second-order valence-corrected chi connectivity index (χ2v) is 7.71. The van der Waals surface area contributed by atoms with Crippen LogP contribution in [0.4, 0.5) is 11.4 Å². The molecule has 0 aliphatic rings. The van der Waals surface area contributed by atoms with E-state index >= 15 is 0 Å². The molecule has 4 aromatic carbocycles. The molecule has 0 saturated carbocycles. The highest BCUT2D eigenvalue weighted by atomic mass is 79.9. The zero-order chi connectivity index (χ0) is 20.9. The van der Waals surface area contributed by atoms with Gasteiger partial charge in [0.1, 0.15) is 12.4 Å². The fraction of sp³-hybridized carbons (Fsp3) is 0.0833. The summed E-state index contributed by atoms with van der Waals surface area (Å²) >= 11 is 3.59. The van der Waals surface area contributed by atoms with Crippen LogP contribution in [0.15, 0.2) is 89.4 Å². The maximum atomic E-state index is 10.9. The molecule has 0 radical (unpaired) electrons. The summed E-state index contributed by atoms with van der Waals surface area (Å²) in [7, 11) is 0. The maximum absolute atomic E-state index is 10.9. The van der Waals surface area contributed by atoms with Crippen LogP contribution in [0.1, 0.15) is 11.1 Å². The number of rotatable bonds is 7. The van der Waals surface area contributed by atoms with Gasteiger partial charge in [-0.25, -0.2) is 0 Å². The molecule has 0 unspecified atom stereocenters. The number of nitro groups is 1. The minimum atomic E-state index is -0.399. The lowest BCUT2D eigenvalue weighted by atomic mass is 10.1. The Morgan fingerprint density at radius 1 is 0.933 bits per heavy atom. The fourth-order valence-electron chi connectivity index (χ4n) is 3.28. The van der Waals surface area contributed by atoms with Gasteiger partial charge in [0.2, 0.25) is 0 Å². The molecule has 6 heteroatoms. The van der Waals surface area contributed by atoms with E-state index < -0.39 is 4.92 Å². The molecule has 0 spiro atoms. The molecule has 0 saturated heterocycles. The van der Waals surface area contributed by atoms with Crippen molar-refractivity contribution in [3.8, 4) is 5.75 Å². The molecule has 0 fully saturated rings. The smallest absolute Gasteiger partial charge is 0.271 e. The minimum Gasteiger partial charge on any atom is -0.488 e. The predicted octanol–water partition coefficient (Wildman–Crippen LogP) is 6.70. The van der Waals surface area contributed by atoms with E-state index in [-0.39, 0.29) is 5.69 Å². The second kappa shape index (κ2) is 8.97. The first kappa shape index (κ1) is 19.9. The van der Waals surface area contributed by atoms with Crippen molar-refractivity contribution in [1.29, 1.82) is 0 Å². The highest BCUT2D eigenvalue weighted by molar-refractivity contribution is 9.10. The van der Waals surface area contributed by atoms with Crippen LogP contribution < -0.4 is 10.1 Å². The van der Waals surface area contributed by atoms with Crippen LogP contribution >= 0.6 is 15.9 Å². The Kier molecular flexibility index (Phi) is 5.95. The number of nitrogens with one attached hydrogen (secondary N) is 1. The van der Waals surface area contributed by atoms with Gasteiger partial charge in [-0.1, -0.05) is 54.6 Å². The molecule has 0 aromatic heterocycles. The van der Waals surface area contributed by atoms with Crippen molar-refractivity contribution in [2.45, 2.75) is 13.2 Å². The Morgan fingerprint density at radius 2 is 1.73 bits per heavy atom. The summed E-state index contributed by atoms with van der Waals surface area (Å²) in [5.74, 6) is 0.766. The van der Waals surface area contributed by atoms with Gasteiger partial charge in [0.15, 0.2) is 0 Å². The first-order valence-electron chi connectivity index (χ1n) is 9.46. The zero-order valence-electron chi connectivity index (χ0n) is 16.0. The second-order valence-electron chi connectivity index (χ2n) is 6.85. The lowest BCUT2D eigenvalue weighted by Crippen LogP contribution is -2.01. The van der Waals surface area contributed by atoms with Crippen LogP contribution in [0, 0.1) is 10.1 Å². The third-order valence-electron chi connectivity index (χ3n) is 4.81. The number of ether oxygens (including phenoxy) is 1. The van der Waals surface area contributed by atoms with Crippen LogP contribution in [0.25, 0.3) is 10.8 Å². The van der Waals surface area contributed by atoms with Crippen LogP contribution in [0.3, 0.4) is 0 Å². The van der Waals surface area contributed by atoms with Gasteiger partial charge in [-0.05, 0) is 56.0 Å². The van der Waals surface area contributed by atoms with Gasteiger partial charge in [0, 0.05) is 24.4 Å². The summed E-state index contributed by atoms with van der Waals surface area (Å²) < 4.78 is 6.91. The average Bonchev–Trinajstić information content (AvgIpc) is 2.77. The van der Waals surface area contributed by atoms with Gasteiger partial charge in [-0.3, -0.25) is 10.1 Å². The summed E-state index contributed by atoms with van der Waals surface area (Å²) in [5, 5.41) is 16.5. The van der Waals surface area contributed by atoms with Crippen LogP contribution in [-0.4, -0.2) is 4.92 Å². The third kappa shape index (κ3) is 4.60. The molecule has 5 nitrogen and oxygen atoms in total. The highest BCUT2D eigenvalue weighted by Crippen LogP contribution is 2.28. The summed E-state index contributed by atoms with van der Waals surface area (Å²) in [6.45, 7) is 1.02. The summed E-state index contributed by atoms with van der Waals surface area (Å²) in [6, 6.07) is 26.9. The van der Waals surface area contributed by atoms with E-state index in [0.29, 0.717) is 18.8 Å². The SMILES string of the molecule is O=[N+]([O-])c1cccc(NCc2ccc(OCc3cccc4ccccc34)c(Br)c2)c1. The van der Waals surface area contributed by atoms with Crippen LogP contribution in [0.2, 0.25) is 0 Å². The first-order chi connectivity index (χ1) is 14.6. The molecular formula is C24H19BrN2O3. The molecule has 150 valence electrons. The van der Waals surface area contributed by atoms with Crippen molar-refractivity contribution in [2.24, 2.45) is 0 Å². The molecule has 0 bridgehead atoms. The number of hydrogen-bond donors (Lipinski definition) is 1. The highest BCUT2D eigenvalue weighted by Gasteiger charge is 2.08. The van der Waals surface area contributed by atoms with E-state index in [1.54, 1.807) is 6.07 Å². The lowest BCUT2D eigenvalue weighted by molar-refractivity contribution is -0.384. The Morgan fingerprint density at radius 3 is 2.57 bits per heavy atom. The molecule has 0 heterocycles. The molecule has 4 rings (SSSR count). The Balaban J connectivity index is 1.42. The lowest BCUT2D eigenvalue weighted by Gasteiger charge is -2.12. The first-order valence-corrected chi connectivity index (χ1v) is 10.3. The average molecular weight is 463 g/mol. The molecule has 30 heavy (non-hydrogen) atoms. The summed E-state index contributed by atoms with van der Waals surface area (Å²) in [5.41, 5.74) is 2.94. The standard InChI is InChI=1S/C24H19BrN2O3/c25-23-13-17(15-26-20-8-4-9-21(14-20)27(28)29)11-12-24(23)30-16-19-7-3-6-18-5-1-2-10-22(18)19/h1-14,26H,15-16H2. The predicted molar refractivity (Wildman–Crippen MR) is 123 cm³/mol. The van der Waals surface area contributed by atoms with E-state index in [1.807, 2.05) is 42.5 Å².